The maximum Gasteiger partial charge on any atom is 0.317 e. The zero-order valence-corrected chi connectivity index (χ0v) is 63.0. The number of oxime groups is 1. The van der Waals surface area contributed by atoms with Crippen LogP contribution < -0.4 is 0 Å². The summed E-state index contributed by atoms with van der Waals surface area (Å²) in [5.41, 5.74) is -0.180. The minimum atomic E-state index is -0.908. The van der Waals surface area contributed by atoms with E-state index in [1.807, 2.05) is 190 Å². The van der Waals surface area contributed by atoms with Gasteiger partial charge in [0.25, 0.3) is 0 Å². The van der Waals surface area contributed by atoms with Crippen LogP contribution in [0.2, 0.25) is 0 Å². The molecule has 2 N–H and O–H groups in total. The van der Waals surface area contributed by atoms with Crippen LogP contribution in [0.25, 0.3) is 0 Å². The van der Waals surface area contributed by atoms with Gasteiger partial charge >= 0.3 is 11.9 Å². The molecule has 2 aliphatic heterocycles. The SMILES string of the molecule is CC(C)(C)C1CC(=O)N(C(C)(C)C)C1=O.CC(C)(C)CC(=O)C(CC(=O)O)SC(C)(C)C.CC(C)(C)CC(=O)CC(SC(C)(C)C)C(=O)O.CC(C)(C)ON=C(CSC(C)(C)C)CSC(C)(C)C.CC(C)(C)SC1CC(=O)N(C(C)(C)C)C1=O. The summed E-state index contributed by atoms with van der Waals surface area (Å²) in [5, 5.41) is 21.1. The summed E-state index contributed by atoms with van der Waals surface area (Å²) >= 11 is 8.21. The first-order chi connectivity index (χ1) is 36.7. The lowest BCUT2D eigenvalue weighted by Crippen LogP contribution is -2.46. The zero-order chi connectivity index (χ0) is 67.8. The van der Waals surface area contributed by atoms with E-state index in [1.165, 1.54) is 33.3 Å². The number of amides is 4. The third kappa shape index (κ3) is 43.4. The number of carboxylic acid groups (broad SMARTS) is 2. The molecule has 2 fully saturated rings. The average molecular weight is 1280 g/mol. The smallest absolute Gasteiger partial charge is 0.317 e. The van der Waals surface area contributed by atoms with Crippen LogP contribution in [0.3, 0.4) is 0 Å². The predicted octanol–water partition coefficient (Wildman–Crippen LogP) is 16.6. The Kier molecular flexibility index (Phi) is 34.4. The molecule has 2 rings (SSSR count). The number of carbonyl (C=O) groups excluding carboxylic acids is 6. The van der Waals surface area contributed by atoms with Crippen LogP contribution in [0.4, 0.5) is 0 Å². The number of Topliss-reactive ketones (excluding diaryl/α,β-unsaturated/α-hetero) is 2. The number of hydrogen-bond donors (Lipinski definition) is 2. The lowest BCUT2D eigenvalue weighted by atomic mass is 9.80. The van der Waals surface area contributed by atoms with Crippen LogP contribution >= 0.6 is 58.8 Å². The molecule has 492 valence electrons. The quantitative estimate of drug-likeness (QED) is 0.0837. The van der Waals surface area contributed by atoms with Gasteiger partial charge in [0, 0.05) is 78.4 Å². The third-order valence-electron chi connectivity index (χ3n) is 10.8. The highest BCUT2D eigenvalue weighted by atomic mass is 32.2. The summed E-state index contributed by atoms with van der Waals surface area (Å²) < 4.78 is 0.275. The summed E-state index contributed by atoms with van der Waals surface area (Å²) in [6.45, 7) is 66.9. The molecule has 0 spiro atoms. The largest absolute Gasteiger partial charge is 0.481 e. The predicted molar refractivity (Wildman–Crippen MR) is 364 cm³/mol. The highest BCUT2D eigenvalue weighted by Gasteiger charge is 2.49. The normalized spacial score (nSPS) is 17.5. The van der Waals surface area contributed by atoms with Crippen LogP contribution in [-0.2, 0) is 43.2 Å². The van der Waals surface area contributed by atoms with E-state index in [2.05, 4.69) is 67.5 Å². The first-order valence-corrected chi connectivity index (χ1v) is 34.1. The maximum absolute atomic E-state index is 12.1. The van der Waals surface area contributed by atoms with Gasteiger partial charge in [-0.3, -0.25) is 48.2 Å². The Hall–Kier alpha value is -2.22. The lowest BCUT2D eigenvalue weighted by Gasteiger charge is -2.32. The number of hydrogen-bond acceptors (Lipinski definition) is 15. The van der Waals surface area contributed by atoms with Gasteiger partial charge in [0.2, 0.25) is 23.6 Å². The maximum atomic E-state index is 12.1. The Morgan fingerprint density at radius 3 is 1.17 bits per heavy atom. The van der Waals surface area contributed by atoms with Gasteiger partial charge in [-0.15, -0.1) is 58.8 Å². The van der Waals surface area contributed by atoms with Crippen LogP contribution in [0.1, 0.15) is 267 Å². The number of carboxylic acids is 2. The van der Waals surface area contributed by atoms with Gasteiger partial charge in [-0.1, -0.05) is 171 Å². The van der Waals surface area contributed by atoms with Gasteiger partial charge in [-0.05, 0) is 78.6 Å². The number of carbonyl (C=O) groups is 8. The first kappa shape index (κ1) is 86.0. The van der Waals surface area contributed by atoms with Gasteiger partial charge in [-0.2, -0.15) is 0 Å². The number of aliphatic carboxylic acids is 2. The van der Waals surface area contributed by atoms with Crippen LogP contribution in [0.5, 0.6) is 0 Å². The molecule has 0 aromatic carbocycles. The van der Waals surface area contributed by atoms with Gasteiger partial charge in [-0.25, -0.2) is 0 Å². The van der Waals surface area contributed by atoms with Crippen molar-refractivity contribution in [2.24, 2.45) is 27.3 Å². The standard InChI is InChI=1S/C15H31NOS2.2C13H24O3S.C12H21NO2S.C12H21NO2/c1-13(2,3)17-16-12(10-18-14(4,5)6)11-19-15(7,8)9;1-12(2,3)8-9(14)10(7-11(15)16)17-13(4,5)6;1-12(2,3)8-9(14)7-10(11(15)16)17-13(4,5)6;1-11(2,3)13-9(14)7-8(10(13)15)16-12(4,5)6;1-11(2,3)8-7-9(14)13(10(8)15)12(4,5)6/h10-11H2,1-9H3;2*10H,7-8H2,1-6H3,(H,15,16);8H,7H2,1-6H3;8H,7H2,1-6H3. The fraction of sp³-hybridized carbons (Fsp3) is 0.862. The molecule has 19 heteroatoms. The van der Waals surface area contributed by atoms with Crippen molar-refractivity contribution in [1.82, 2.24) is 9.80 Å². The highest BCUT2D eigenvalue weighted by Crippen LogP contribution is 2.40. The molecule has 4 atom stereocenters. The molecule has 0 saturated carbocycles. The van der Waals surface area contributed by atoms with Crippen molar-refractivity contribution in [3.63, 3.8) is 0 Å². The van der Waals surface area contributed by atoms with E-state index in [0.717, 1.165) is 17.2 Å². The molecule has 0 bridgehead atoms. The Bertz CT molecular complexity index is 2170. The Morgan fingerprint density at radius 2 is 0.893 bits per heavy atom. The summed E-state index contributed by atoms with van der Waals surface area (Å²) in [7, 11) is 0. The van der Waals surface area contributed by atoms with Crippen molar-refractivity contribution < 1.29 is 53.4 Å². The molecular weight excluding hydrogens is 1160 g/mol. The van der Waals surface area contributed by atoms with Crippen LogP contribution in [0.15, 0.2) is 5.16 Å². The number of imide groups is 2. The highest BCUT2D eigenvalue weighted by molar-refractivity contribution is 8.03. The van der Waals surface area contributed by atoms with E-state index in [0.29, 0.717) is 25.7 Å². The third-order valence-corrected chi connectivity index (χ3v) is 17.6. The zero-order valence-electron chi connectivity index (χ0n) is 58.9. The minimum absolute atomic E-state index is 0.00843. The van der Waals surface area contributed by atoms with E-state index in [9.17, 15) is 38.4 Å². The van der Waals surface area contributed by atoms with Gasteiger partial charge in [0.05, 0.1) is 28.6 Å². The van der Waals surface area contributed by atoms with Crippen LogP contribution in [0, 0.1) is 22.2 Å². The van der Waals surface area contributed by atoms with Gasteiger partial charge in [0.15, 0.2) is 0 Å². The van der Waals surface area contributed by atoms with Crippen molar-refractivity contribution in [1.29, 1.82) is 0 Å². The van der Waals surface area contributed by atoms with Crippen molar-refractivity contribution in [3.8, 4) is 0 Å². The summed E-state index contributed by atoms with van der Waals surface area (Å²) in [6.07, 6.45) is 1.60. The number of nitrogens with zero attached hydrogens (tertiary/aromatic N) is 3. The molecule has 2 aliphatic rings. The van der Waals surface area contributed by atoms with Crippen molar-refractivity contribution in [2.45, 2.75) is 323 Å². The molecule has 0 aromatic heterocycles. The molecule has 0 aliphatic carbocycles. The Morgan fingerprint density at radius 1 is 0.512 bits per heavy atom. The molecule has 2 heterocycles. The molecule has 0 radical (unpaired) electrons. The molecule has 0 aromatic rings. The summed E-state index contributed by atoms with van der Waals surface area (Å²) in [5.74, 6) is -0.151. The van der Waals surface area contributed by atoms with Crippen LogP contribution in [-0.4, -0.2) is 141 Å². The topological polar surface area (TPSA) is 205 Å². The van der Waals surface area contributed by atoms with Gasteiger partial charge in [0.1, 0.15) is 22.4 Å². The van der Waals surface area contributed by atoms with E-state index in [4.69, 9.17) is 15.1 Å². The fourth-order valence-corrected chi connectivity index (χ4v) is 13.1. The van der Waals surface area contributed by atoms with E-state index in [-0.39, 0.29) is 105 Å². The molecule has 84 heavy (non-hydrogen) atoms. The molecular formula is C65H121N3O11S5. The molecule has 2 saturated heterocycles. The Labute approximate surface area is 533 Å². The van der Waals surface area contributed by atoms with Crippen molar-refractivity contribution in [3.05, 3.63) is 0 Å². The first-order valence-electron chi connectivity index (χ1n) is 29.4. The van der Waals surface area contributed by atoms with Crippen molar-refractivity contribution in [2.75, 3.05) is 11.5 Å². The second kappa shape index (κ2) is 33.6. The van der Waals surface area contributed by atoms with E-state index < -0.39 is 33.5 Å². The second-order valence-corrected chi connectivity index (χ2v) is 42.9. The molecule has 14 nitrogen and oxygen atoms in total. The lowest BCUT2D eigenvalue weighted by molar-refractivity contribution is -0.146. The van der Waals surface area contributed by atoms with Gasteiger partial charge < -0.3 is 15.1 Å². The van der Waals surface area contributed by atoms with E-state index >= 15 is 0 Å². The number of thioether (sulfide) groups is 5. The fourth-order valence-electron chi connectivity index (χ4n) is 7.66. The summed E-state index contributed by atoms with van der Waals surface area (Å²) in [4.78, 5) is 102. The number of likely N-dealkylation sites (tertiary alicyclic amines) is 2. The second-order valence-electron chi connectivity index (χ2n) is 33.2. The Balaban J connectivity index is -0.000000978. The monoisotopic (exact) mass is 1280 g/mol. The van der Waals surface area contributed by atoms with Crippen molar-refractivity contribution >= 4 is 112 Å². The molecule has 4 unspecified atom stereocenters. The number of ketones is 2. The summed E-state index contributed by atoms with van der Waals surface area (Å²) in [6, 6.07) is 0. The average Bonchev–Trinajstić information content (AvgIpc) is 3.65. The van der Waals surface area contributed by atoms with E-state index in [1.54, 1.807) is 11.8 Å². The molecule has 4 amide bonds. The minimum Gasteiger partial charge on any atom is -0.481 e. The number of rotatable bonds is 16.